The molecule has 1 aromatic heterocycles. The van der Waals surface area contributed by atoms with E-state index >= 15 is 0 Å². The van der Waals surface area contributed by atoms with Crippen molar-refractivity contribution in [3.8, 4) is 17.2 Å². The third kappa shape index (κ3) is 5.12. The van der Waals surface area contributed by atoms with Gasteiger partial charge in [-0.2, -0.15) is 0 Å². The first-order valence-corrected chi connectivity index (χ1v) is 11.8. The lowest BCUT2D eigenvalue weighted by molar-refractivity contribution is -0.145. The molecule has 1 aliphatic rings. The summed E-state index contributed by atoms with van der Waals surface area (Å²) in [4.78, 5) is 38.4. The molecule has 4 rings (SSSR count). The minimum absolute atomic E-state index is 0.181. The van der Waals surface area contributed by atoms with Crippen molar-refractivity contribution in [3.63, 3.8) is 0 Å². The number of rotatable bonds is 8. The number of nitrogens with one attached hydrogen (secondary N) is 1. The maximum atomic E-state index is 13.0. The number of ether oxygens (including phenoxy) is 3. The van der Waals surface area contributed by atoms with E-state index in [4.69, 9.17) is 14.2 Å². The van der Waals surface area contributed by atoms with Crippen LogP contribution in [-0.2, 0) is 9.53 Å². The van der Waals surface area contributed by atoms with Gasteiger partial charge in [-0.1, -0.05) is 31.5 Å². The molecule has 1 amide bonds. The van der Waals surface area contributed by atoms with E-state index in [1.807, 2.05) is 69.5 Å². The van der Waals surface area contributed by atoms with Crippen LogP contribution in [0.1, 0.15) is 51.5 Å². The normalized spacial score (nSPS) is 12.9. The van der Waals surface area contributed by atoms with Crippen LogP contribution >= 0.6 is 0 Å². The number of carbonyl (C=O) groups excluding carboxylic acids is 3. The van der Waals surface area contributed by atoms with Crippen LogP contribution < -0.4 is 14.8 Å². The van der Waals surface area contributed by atoms with E-state index < -0.39 is 18.6 Å². The highest BCUT2D eigenvalue weighted by atomic mass is 16.7. The fourth-order valence-corrected chi connectivity index (χ4v) is 4.20. The number of aromatic nitrogens is 1. The predicted octanol–water partition coefficient (Wildman–Crippen LogP) is 4.31. The highest BCUT2D eigenvalue weighted by Crippen LogP contribution is 2.35. The van der Waals surface area contributed by atoms with Gasteiger partial charge in [0, 0.05) is 34.3 Å². The summed E-state index contributed by atoms with van der Waals surface area (Å²) in [6.07, 6.45) is 0. The zero-order valence-electron chi connectivity index (χ0n) is 21.1. The van der Waals surface area contributed by atoms with Gasteiger partial charge >= 0.3 is 5.97 Å². The zero-order chi connectivity index (χ0) is 26.0. The Bertz CT molecular complexity index is 1310. The van der Waals surface area contributed by atoms with Gasteiger partial charge in [0.2, 0.25) is 12.6 Å². The van der Waals surface area contributed by atoms with Crippen molar-refractivity contribution in [3.05, 3.63) is 76.6 Å². The van der Waals surface area contributed by atoms with Crippen molar-refractivity contribution in [2.45, 2.75) is 40.7 Å². The van der Waals surface area contributed by atoms with Crippen molar-refractivity contribution < 1.29 is 28.6 Å². The van der Waals surface area contributed by atoms with Gasteiger partial charge in [0.05, 0.1) is 0 Å². The van der Waals surface area contributed by atoms with Gasteiger partial charge in [-0.15, -0.1) is 0 Å². The summed E-state index contributed by atoms with van der Waals surface area (Å²) in [5, 5.41) is 2.73. The Balaban J connectivity index is 1.44. The Morgan fingerprint density at radius 2 is 1.67 bits per heavy atom. The predicted molar refractivity (Wildman–Crippen MR) is 134 cm³/mol. The lowest BCUT2D eigenvalue weighted by atomic mass is 10.0. The average Bonchev–Trinajstić information content (AvgIpc) is 3.43. The summed E-state index contributed by atoms with van der Waals surface area (Å²) >= 11 is 0. The number of nitrogens with zero attached hydrogens (tertiary/aromatic N) is 1. The Morgan fingerprint density at radius 1 is 0.972 bits per heavy atom. The molecule has 8 nitrogen and oxygen atoms in total. The van der Waals surface area contributed by atoms with Crippen molar-refractivity contribution in [1.29, 1.82) is 0 Å². The third-order valence-corrected chi connectivity index (χ3v) is 6.21. The van der Waals surface area contributed by atoms with E-state index in [1.54, 1.807) is 18.2 Å². The molecule has 0 bridgehead atoms. The molecule has 1 aliphatic heterocycles. The van der Waals surface area contributed by atoms with Gasteiger partial charge in [-0.3, -0.25) is 9.59 Å². The number of hydrogen-bond acceptors (Lipinski definition) is 6. The van der Waals surface area contributed by atoms with E-state index in [9.17, 15) is 14.4 Å². The fourth-order valence-electron chi connectivity index (χ4n) is 4.20. The van der Waals surface area contributed by atoms with E-state index in [0.717, 1.165) is 22.6 Å². The topological polar surface area (TPSA) is 95.9 Å². The van der Waals surface area contributed by atoms with E-state index in [1.165, 1.54) is 0 Å². The summed E-state index contributed by atoms with van der Waals surface area (Å²) in [6.45, 7) is 9.04. The smallest absolute Gasteiger partial charge is 0.329 e. The van der Waals surface area contributed by atoms with Gasteiger partial charge in [0.15, 0.2) is 18.1 Å². The molecule has 1 unspecified atom stereocenters. The number of amides is 1. The van der Waals surface area contributed by atoms with Gasteiger partial charge in [-0.05, 0) is 57.0 Å². The molecule has 0 spiro atoms. The molecule has 8 heteroatoms. The SMILES string of the molecule is Cc1ccc(C(=O)NC(C(=O)OCC(=O)c2cc(C)n(-c3ccc4c(c3)OCO4)c2C)C(C)C)cc1. The second-order valence-electron chi connectivity index (χ2n) is 9.25. The number of fused-ring (bicyclic) bond motifs is 1. The minimum Gasteiger partial charge on any atom is -0.456 e. The first-order valence-electron chi connectivity index (χ1n) is 11.8. The molecule has 0 radical (unpaired) electrons. The summed E-state index contributed by atoms with van der Waals surface area (Å²) < 4.78 is 18.1. The first kappa shape index (κ1) is 25.0. The van der Waals surface area contributed by atoms with Crippen LogP contribution in [0.25, 0.3) is 5.69 Å². The average molecular weight is 491 g/mol. The van der Waals surface area contributed by atoms with Gasteiger partial charge < -0.3 is 24.1 Å². The summed E-state index contributed by atoms with van der Waals surface area (Å²) in [5.74, 6) is -0.241. The molecular formula is C28H30N2O6. The van der Waals surface area contributed by atoms with Crippen LogP contribution in [0.15, 0.2) is 48.5 Å². The van der Waals surface area contributed by atoms with E-state index in [0.29, 0.717) is 22.6 Å². The number of ketones is 1. The second kappa shape index (κ2) is 10.3. The Labute approximate surface area is 210 Å². The van der Waals surface area contributed by atoms with Crippen molar-refractivity contribution in [2.75, 3.05) is 13.4 Å². The quantitative estimate of drug-likeness (QED) is 0.373. The van der Waals surface area contributed by atoms with Crippen LogP contribution in [0.2, 0.25) is 0 Å². The fraction of sp³-hybridized carbons (Fsp3) is 0.321. The number of Topliss-reactive ketones (excluding diaryl/α,β-unsaturated/α-hetero) is 1. The molecular weight excluding hydrogens is 460 g/mol. The van der Waals surface area contributed by atoms with Crippen LogP contribution in [0.3, 0.4) is 0 Å². The number of benzene rings is 2. The molecule has 0 aliphatic carbocycles. The molecule has 1 N–H and O–H groups in total. The molecule has 0 saturated heterocycles. The highest BCUT2D eigenvalue weighted by Gasteiger charge is 2.28. The molecule has 36 heavy (non-hydrogen) atoms. The van der Waals surface area contributed by atoms with Crippen LogP contribution in [0, 0.1) is 26.7 Å². The summed E-state index contributed by atoms with van der Waals surface area (Å²) in [5.41, 5.74) is 4.35. The monoisotopic (exact) mass is 490 g/mol. The third-order valence-electron chi connectivity index (χ3n) is 6.21. The van der Waals surface area contributed by atoms with E-state index in [-0.39, 0.29) is 24.4 Å². The molecule has 2 aromatic carbocycles. The Kier molecular flexibility index (Phi) is 7.15. The van der Waals surface area contributed by atoms with Gasteiger partial charge in [-0.25, -0.2) is 4.79 Å². The maximum absolute atomic E-state index is 13.0. The summed E-state index contributed by atoms with van der Waals surface area (Å²) in [7, 11) is 0. The minimum atomic E-state index is -0.882. The van der Waals surface area contributed by atoms with Crippen LogP contribution in [0.4, 0.5) is 0 Å². The molecule has 3 aromatic rings. The van der Waals surface area contributed by atoms with Crippen molar-refractivity contribution >= 4 is 17.7 Å². The van der Waals surface area contributed by atoms with Gasteiger partial charge in [0.25, 0.3) is 5.91 Å². The lowest BCUT2D eigenvalue weighted by Crippen LogP contribution is -2.45. The van der Waals surface area contributed by atoms with Crippen LogP contribution in [-0.4, -0.2) is 41.7 Å². The lowest BCUT2D eigenvalue weighted by Gasteiger charge is -2.20. The molecule has 2 heterocycles. The Morgan fingerprint density at radius 3 is 2.36 bits per heavy atom. The molecule has 188 valence electrons. The van der Waals surface area contributed by atoms with Crippen molar-refractivity contribution in [2.24, 2.45) is 5.92 Å². The highest BCUT2D eigenvalue weighted by molar-refractivity contribution is 6.00. The first-order chi connectivity index (χ1) is 17.2. The number of hydrogen-bond donors (Lipinski definition) is 1. The van der Waals surface area contributed by atoms with E-state index in [2.05, 4.69) is 5.32 Å². The second-order valence-corrected chi connectivity index (χ2v) is 9.25. The largest absolute Gasteiger partial charge is 0.456 e. The summed E-state index contributed by atoms with van der Waals surface area (Å²) in [6, 6.07) is 13.5. The zero-order valence-corrected chi connectivity index (χ0v) is 21.1. The molecule has 1 atom stereocenters. The number of esters is 1. The molecule has 0 fully saturated rings. The number of carbonyl (C=O) groups is 3. The molecule has 0 saturated carbocycles. The van der Waals surface area contributed by atoms with Crippen molar-refractivity contribution in [1.82, 2.24) is 9.88 Å². The maximum Gasteiger partial charge on any atom is 0.329 e. The van der Waals surface area contributed by atoms with Crippen LogP contribution in [0.5, 0.6) is 11.5 Å². The standard InChI is InChI=1S/C28H30N2O6/c1-16(2)26(29-27(32)20-8-6-17(3)7-9-20)28(33)34-14-23(31)22-12-18(4)30(19(22)5)21-10-11-24-25(13-21)36-15-35-24/h6-13,16,26H,14-15H2,1-5H3,(H,29,32). The van der Waals surface area contributed by atoms with Gasteiger partial charge in [0.1, 0.15) is 6.04 Å². The Hall–Kier alpha value is -4.07. The number of aryl methyl sites for hydroxylation is 2.